The molecule has 0 saturated heterocycles. The van der Waals surface area contributed by atoms with Crippen molar-refractivity contribution < 1.29 is 34.7 Å². The minimum absolute atomic E-state index is 0.0167. The van der Waals surface area contributed by atoms with Gasteiger partial charge in [-0.05, 0) is 183 Å². The number of methoxy groups -OCH3 is 1. The normalized spacial score (nSPS) is 31.3. The quantitative estimate of drug-likeness (QED) is 0.0658. The standard InChI is InChI=1S/C64H79N3O7/c1-39-26-54-44-28-41(30-50(71)32-44)27-40-12-10-14-47(29-40)64(23-8-3-9-24-64)67-62(65)66-48-15-11-19-53-42(20-21-49(70)33-46(38-69)52-18-7-4-13-43(52)37-68)35-57(74-51-16-5-6-17-51)61(72)59(53)60-58-45(31-48)34-55(54)63(60,36-39)25-22-56(58)73-2/h4,10,12-14,28-30,32-35,39,43,45,48,51-52,54,56,58,60,68-69,71-72H,3,5-9,15-18,20-27,31,36-38H2,1-2H3,(H3,65,66,67). The first-order valence-corrected chi connectivity index (χ1v) is 28.4. The number of aliphatic hydroxyl groups is 2. The SMILES string of the molecule is COC1CCC23CC(C)CC4C2=CC2CC(CC#Cc5c(CCC(=O)C=C(CO)C6CCC=CC6CO)cc(OC6CCCC6)c(O)c5C3C21)N=C(N)NC1(CCCCC1)c1cccc(c1)Cc1cc(O)cc4c1. The van der Waals surface area contributed by atoms with Crippen LogP contribution in [0.2, 0.25) is 0 Å². The molecule has 10 atom stereocenters. The number of aryl methyl sites for hydroxylation is 1. The van der Waals surface area contributed by atoms with Crippen LogP contribution in [0.15, 0.2) is 89.0 Å². The predicted molar refractivity (Wildman–Crippen MR) is 290 cm³/mol. The van der Waals surface area contributed by atoms with E-state index >= 15 is 0 Å². The Morgan fingerprint density at radius 1 is 0.973 bits per heavy atom. The summed E-state index contributed by atoms with van der Waals surface area (Å²) in [5, 5.41) is 49.7. The molecule has 7 N–H and O–H groups in total. The molecule has 3 aromatic carbocycles. The minimum atomic E-state index is -0.392. The van der Waals surface area contributed by atoms with E-state index in [1.165, 1.54) is 23.1 Å². The van der Waals surface area contributed by atoms with Crippen LogP contribution in [0.4, 0.5) is 0 Å². The van der Waals surface area contributed by atoms with Gasteiger partial charge in [0.25, 0.3) is 0 Å². The van der Waals surface area contributed by atoms with Gasteiger partial charge >= 0.3 is 0 Å². The molecule has 74 heavy (non-hydrogen) atoms. The number of benzene rings is 3. The molecule has 0 aromatic heterocycles. The smallest absolute Gasteiger partial charge is 0.189 e. The second-order valence-electron chi connectivity index (χ2n) is 23.9. The fourth-order valence-electron chi connectivity index (χ4n) is 16.1. The van der Waals surface area contributed by atoms with Crippen molar-refractivity contribution in [1.29, 1.82) is 0 Å². The maximum absolute atomic E-state index is 14.3. The number of hydrogen-bond acceptors (Lipinski definition) is 10. The molecule has 1 heterocycles. The van der Waals surface area contributed by atoms with E-state index in [-0.39, 0.29) is 96.2 Å². The van der Waals surface area contributed by atoms with Gasteiger partial charge < -0.3 is 41.0 Å². The third-order valence-electron chi connectivity index (χ3n) is 19.3. The van der Waals surface area contributed by atoms with E-state index in [1.54, 1.807) is 6.08 Å². The molecule has 0 amide bonds. The van der Waals surface area contributed by atoms with E-state index in [0.29, 0.717) is 48.9 Å². The number of nitrogens with one attached hydrogen (secondary N) is 1. The summed E-state index contributed by atoms with van der Waals surface area (Å²) in [5.41, 5.74) is 15.5. The summed E-state index contributed by atoms with van der Waals surface area (Å²) in [7, 11) is 1.84. The van der Waals surface area contributed by atoms with Crippen LogP contribution in [0.5, 0.6) is 17.2 Å². The summed E-state index contributed by atoms with van der Waals surface area (Å²) < 4.78 is 13.6. The van der Waals surface area contributed by atoms with Crippen molar-refractivity contribution in [3.8, 4) is 29.1 Å². The first kappa shape index (κ1) is 50.8. The van der Waals surface area contributed by atoms with E-state index in [2.05, 4.69) is 66.6 Å². The topological polar surface area (TPSA) is 167 Å². The van der Waals surface area contributed by atoms with Gasteiger partial charge in [0.05, 0.1) is 30.4 Å². The average Bonchev–Trinajstić information content (AvgIpc) is 3.91. The first-order valence-electron chi connectivity index (χ1n) is 28.4. The van der Waals surface area contributed by atoms with E-state index in [0.717, 1.165) is 118 Å². The number of ether oxygens (including phenoxy) is 2. The van der Waals surface area contributed by atoms with Crippen molar-refractivity contribution in [3.05, 3.63) is 123 Å². The number of aliphatic hydroxyl groups excluding tert-OH is 2. The second-order valence-corrected chi connectivity index (χ2v) is 23.9. The number of fused-ring (bicyclic) bond motifs is 8. The van der Waals surface area contributed by atoms with Crippen LogP contribution in [-0.2, 0) is 27.9 Å². The molecule has 1 aliphatic heterocycles. The molecule has 4 fully saturated rings. The maximum Gasteiger partial charge on any atom is 0.189 e. The Morgan fingerprint density at radius 3 is 2.61 bits per heavy atom. The largest absolute Gasteiger partial charge is 0.508 e. The van der Waals surface area contributed by atoms with Crippen molar-refractivity contribution in [2.45, 2.75) is 171 Å². The lowest BCUT2D eigenvalue weighted by Gasteiger charge is -2.62. The average molecular weight is 1000 g/mol. The molecule has 392 valence electrons. The van der Waals surface area contributed by atoms with Gasteiger partial charge in [0.2, 0.25) is 0 Å². The van der Waals surface area contributed by atoms with Crippen LogP contribution < -0.4 is 15.8 Å². The van der Waals surface area contributed by atoms with Gasteiger partial charge in [-0.25, -0.2) is 4.99 Å². The van der Waals surface area contributed by atoms with Crippen molar-refractivity contribution >= 4 is 11.7 Å². The van der Waals surface area contributed by atoms with Crippen LogP contribution in [-0.4, -0.2) is 70.7 Å². The van der Waals surface area contributed by atoms with Gasteiger partial charge in [0, 0.05) is 55.4 Å². The zero-order valence-corrected chi connectivity index (χ0v) is 43.8. The zero-order valence-electron chi connectivity index (χ0n) is 43.8. The van der Waals surface area contributed by atoms with E-state index < -0.39 is 5.41 Å². The monoisotopic (exact) mass is 1000 g/mol. The number of nitrogens with two attached hydrogens (primary N) is 1. The first-order chi connectivity index (χ1) is 36.0. The van der Waals surface area contributed by atoms with Gasteiger partial charge in [-0.2, -0.15) is 0 Å². The van der Waals surface area contributed by atoms with Crippen molar-refractivity contribution in [3.63, 3.8) is 0 Å². The number of carbonyl (C=O) groups is 1. The number of guanidine groups is 1. The van der Waals surface area contributed by atoms with Crippen molar-refractivity contribution in [1.82, 2.24) is 5.32 Å². The van der Waals surface area contributed by atoms with E-state index in [4.69, 9.17) is 20.2 Å². The van der Waals surface area contributed by atoms with Gasteiger partial charge in [0.15, 0.2) is 23.2 Å². The maximum atomic E-state index is 14.3. The number of nitrogens with zero attached hydrogens (tertiary/aromatic N) is 1. The summed E-state index contributed by atoms with van der Waals surface area (Å²) in [5.74, 6) is 8.39. The number of phenols is 2. The van der Waals surface area contributed by atoms with Gasteiger partial charge in [0.1, 0.15) is 5.75 Å². The highest BCUT2D eigenvalue weighted by molar-refractivity contribution is 5.90. The summed E-state index contributed by atoms with van der Waals surface area (Å²) in [6, 6.07) is 17.0. The highest BCUT2D eigenvalue weighted by Gasteiger charge is 2.61. The number of aromatic hydroxyl groups is 2. The molecule has 10 unspecified atom stereocenters. The third-order valence-corrected chi connectivity index (χ3v) is 19.3. The molecule has 2 spiro atoms. The highest BCUT2D eigenvalue weighted by Crippen LogP contribution is 2.70. The Bertz CT molecular complexity index is 2790. The summed E-state index contributed by atoms with van der Waals surface area (Å²) in [6.07, 6.45) is 24.9. The van der Waals surface area contributed by atoms with Crippen LogP contribution in [0.1, 0.15) is 173 Å². The van der Waals surface area contributed by atoms with E-state index in [1.807, 2.05) is 31.4 Å². The predicted octanol–water partition coefficient (Wildman–Crippen LogP) is 10.9. The number of hydrogen-bond donors (Lipinski definition) is 6. The summed E-state index contributed by atoms with van der Waals surface area (Å²) in [4.78, 5) is 19.7. The number of rotatable bonds is 10. The molecule has 7 aliphatic carbocycles. The van der Waals surface area contributed by atoms with Crippen LogP contribution in [0.25, 0.3) is 0 Å². The lowest BCUT2D eigenvalue weighted by molar-refractivity contribution is -0.114. The molecule has 10 nitrogen and oxygen atoms in total. The second kappa shape index (κ2) is 21.4. The van der Waals surface area contributed by atoms with Crippen LogP contribution >= 0.6 is 0 Å². The van der Waals surface area contributed by atoms with Crippen molar-refractivity contribution in [2.75, 3.05) is 20.3 Å². The van der Waals surface area contributed by atoms with E-state index in [9.17, 15) is 25.2 Å². The Labute approximate surface area is 439 Å². The lowest BCUT2D eigenvalue weighted by atomic mass is 9.43. The number of ketones is 1. The Kier molecular flexibility index (Phi) is 14.7. The highest BCUT2D eigenvalue weighted by atomic mass is 16.5. The van der Waals surface area contributed by atoms with Crippen LogP contribution in [0.3, 0.4) is 0 Å². The Hall–Kier alpha value is -5.34. The third kappa shape index (κ3) is 9.75. The van der Waals surface area contributed by atoms with Crippen molar-refractivity contribution in [2.24, 2.45) is 45.7 Å². The van der Waals surface area contributed by atoms with Gasteiger partial charge in [-0.1, -0.05) is 92.2 Å². The van der Waals surface area contributed by atoms with Gasteiger partial charge in [-0.3, -0.25) is 4.79 Å². The molecular weight excluding hydrogens is 923 g/mol. The molecular formula is C64H79N3O7. The number of phenolic OH excluding ortho intramolecular Hbond substituents is 2. The zero-order chi connectivity index (χ0) is 51.1. The molecule has 11 rings (SSSR count). The molecule has 4 saturated carbocycles. The number of carbonyl (C=O) groups excluding carboxylic acids is 1. The molecule has 3 aromatic rings. The minimum Gasteiger partial charge on any atom is -0.508 e. The number of allylic oxidation sites excluding steroid dienone is 4. The van der Waals surface area contributed by atoms with Gasteiger partial charge in [-0.15, -0.1) is 0 Å². The lowest BCUT2D eigenvalue weighted by Crippen LogP contribution is -2.54. The fourth-order valence-corrected chi connectivity index (χ4v) is 16.1. The summed E-state index contributed by atoms with van der Waals surface area (Å²) in [6.45, 7) is 2.09. The molecule has 8 aliphatic rings. The van der Waals surface area contributed by atoms with Crippen LogP contribution in [0, 0.1) is 46.8 Å². The molecule has 0 radical (unpaired) electrons. The summed E-state index contributed by atoms with van der Waals surface area (Å²) >= 11 is 0. The number of aliphatic imine (C=N–C) groups is 1. The fraction of sp³-hybridized carbons (Fsp3) is 0.562. The molecule has 10 bridgehead atoms. The Morgan fingerprint density at radius 2 is 1.81 bits per heavy atom. The molecule has 10 heteroatoms. The Balaban J connectivity index is 1.11.